The number of phenolic OH excluding ortho intramolecular Hbond substituents is 1. The molecule has 1 amide bonds. The number of rotatable bonds is 2. The zero-order chi connectivity index (χ0) is 19.2. The van der Waals surface area contributed by atoms with Crippen molar-refractivity contribution in [2.75, 3.05) is 5.32 Å². The van der Waals surface area contributed by atoms with Crippen molar-refractivity contribution in [1.29, 1.82) is 0 Å². The second kappa shape index (κ2) is 6.15. The number of nitrogens with zero attached hydrogens (tertiary/aromatic N) is 2. The molecule has 3 aromatic rings. The van der Waals surface area contributed by atoms with Gasteiger partial charge in [-0.3, -0.25) is 9.36 Å². The van der Waals surface area contributed by atoms with Crippen LogP contribution in [0.25, 0.3) is 5.69 Å². The number of fused-ring (bicyclic) bond motifs is 1. The molecule has 0 fully saturated rings. The molecule has 1 unspecified atom stereocenters. The SMILES string of the molecule is O=C1CC(c2ccc(O)cc2)c2ncn(-c3ccccc3C(F)(F)F)c2N1. The molecule has 5 nitrogen and oxygen atoms in total. The summed E-state index contributed by atoms with van der Waals surface area (Å²) in [5, 5.41) is 12.1. The number of nitrogens with one attached hydrogen (secondary N) is 1. The van der Waals surface area contributed by atoms with E-state index in [1.54, 1.807) is 12.1 Å². The molecule has 1 atom stereocenters. The van der Waals surface area contributed by atoms with Crippen LogP contribution >= 0.6 is 0 Å². The van der Waals surface area contributed by atoms with Gasteiger partial charge in [-0.05, 0) is 29.8 Å². The lowest BCUT2D eigenvalue weighted by molar-refractivity contribution is -0.137. The first-order valence-electron chi connectivity index (χ1n) is 8.17. The molecule has 138 valence electrons. The topological polar surface area (TPSA) is 67.1 Å². The van der Waals surface area contributed by atoms with Crippen molar-refractivity contribution in [3.05, 3.63) is 71.7 Å². The van der Waals surface area contributed by atoms with E-state index >= 15 is 0 Å². The minimum Gasteiger partial charge on any atom is -0.508 e. The highest BCUT2D eigenvalue weighted by atomic mass is 19.4. The van der Waals surface area contributed by atoms with Gasteiger partial charge in [0.2, 0.25) is 5.91 Å². The number of alkyl halides is 3. The molecule has 1 aromatic heterocycles. The van der Waals surface area contributed by atoms with Crippen LogP contribution in [0.15, 0.2) is 54.9 Å². The number of hydrogen-bond donors (Lipinski definition) is 2. The minimum atomic E-state index is -4.54. The molecule has 0 spiro atoms. The van der Waals surface area contributed by atoms with Gasteiger partial charge in [0.25, 0.3) is 0 Å². The number of aromatic nitrogens is 2. The Balaban J connectivity index is 1.85. The van der Waals surface area contributed by atoms with Gasteiger partial charge in [-0.2, -0.15) is 13.2 Å². The van der Waals surface area contributed by atoms with Crippen LogP contribution in [-0.2, 0) is 11.0 Å². The Kier molecular flexibility index (Phi) is 3.91. The van der Waals surface area contributed by atoms with E-state index < -0.39 is 17.7 Å². The first kappa shape index (κ1) is 17.1. The third kappa shape index (κ3) is 3.03. The number of imidazole rings is 1. The number of carbonyl (C=O) groups is 1. The molecule has 0 saturated carbocycles. The number of carbonyl (C=O) groups excluding carboxylic acids is 1. The third-order valence-corrected chi connectivity index (χ3v) is 4.54. The fourth-order valence-electron chi connectivity index (χ4n) is 3.30. The van der Waals surface area contributed by atoms with Crippen LogP contribution < -0.4 is 5.32 Å². The Labute approximate surface area is 152 Å². The van der Waals surface area contributed by atoms with Crippen molar-refractivity contribution in [2.24, 2.45) is 0 Å². The predicted molar refractivity (Wildman–Crippen MR) is 91.8 cm³/mol. The van der Waals surface area contributed by atoms with Gasteiger partial charge < -0.3 is 10.4 Å². The minimum absolute atomic E-state index is 0.0869. The third-order valence-electron chi connectivity index (χ3n) is 4.54. The molecule has 8 heteroatoms. The number of para-hydroxylation sites is 1. The number of aromatic hydroxyl groups is 1. The summed E-state index contributed by atoms with van der Waals surface area (Å²) < 4.78 is 41.4. The van der Waals surface area contributed by atoms with Crippen molar-refractivity contribution < 1.29 is 23.1 Å². The number of amides is 1. The Morgan fingerprint density at radius 1 is 1.11 bits per heavy atom. The molecule has 1 aliphatic heterocycles. The van der Waals surface area contributed by atoms with Crippen LogP contribution in [0.1, 0.15) is 29.2 Å². The second-order valence-corrected chi connectivity index (χ2v) is 6.26. The lowest BCUT2D eigenvalue weighted by Crippen LogP contribution is -2.25. The fraction of sp³-hybridized carbons (Fsp3) is 0.158. The molecular formula is C19H14F3N3O2. The molecule has 4 rings (SSSR count). The molecule has 27 heavy (non-hydrogen) atoms. The summed E-state index contributed by atoms with van der Waals surface area (Å²) in [6.45, 7) is 0. The van der Waals surface area contributed by atoms with Gasteiger partial charge >= 0.3 is 6.18 Å². The quantitative estimate of drug-likeness (QED) is 0.712. The summed E-state index contributed by atoms with van der Waals surface area (Å²) in [6.07, 6.45) is -3.13. The number of benzene rings is 2. The van der Waals surface area contributed by atoms with E-state index in [9.17, 15) is 23.1 Å². The van der Waals surface area contributed by atoms with Crippen LogP contribution in [0.4, 0.5) is 19.0 Å². The van der Waals surface area contributed by atoms with Gasteiger partial charge in [0.15, 0.2) is 0 Å². The van der Waals surface area contributed by atoms with Crippen LogP contribution in [0.5, 0.6) is 5.75 Å². The van der Waals surface area contributed by atoms with Gasteiger partial charge in [0.05, 0.1) is 16.9 Å². The van der Waals surface area contributed by atoms with Crippen LogP contribution in [-0.4, -0.2) is 20.6 Å². The molecule has 0 aliphatic carbocycles. The molecule has 2 aromatic carbocycles. The van der Waals surface area contributed by atoms with Gasteiger partial charge in [-0.15, -0.1) is 0 Å². The number of phenols is 1. The molecule has 0 bridgehead atoms. The highest BCUT2D eigenvalue weighted by Gasteiger charge is 2.36. The van der Waals surface area contributed by atoms with E-state index in [0.29, 0.717) is 5.69 Å². The molecule has 1 aliphatic rings. The van der Waals surface area contributed by atoms with Crippen molar-refractivity contribution in [3.8, 4) is 11.4 Å². The summed E-state index contributed by atoms with van der Waals surface area (Å²) >= 11 is 0. The molecule has 0 radical (unpaired) electrons. The summed E-state index contributed by atoms with van der Waals surface area (Å²) in [7, 11) is 0. The first-order valence-corrected chi connectivity index (χ1v) is 8.17. The standard InChI is InChI=1S/C19H14F3N3O2/c20-19(21,22)14-3-1-2-4-15(14)25-10-23-17-13(9-16(27)24-18(17)25)11-5-7-12(26)8-6-11/h1-8,10,13,26H,9H2,(H,24,27). The maximum Gasteiger partial charge on any atom is 0.418 e. The zero-order valence-corrected chi connectivity index (χ0v) is 13.9. The molecule has 0 saturated heterocycles. The van der Waals surface area contributed by atoms with E-state index in [1.165, 1.54) is 41.2 Å². The number of halogens is 3. The van der Waals surface area contributed by atoms with Crippen molar-refractivity contribution in [2.45, 2.75) is 18.5 Å². The second-order valence-electron chi connectivity index (χ2n) is 6.26. The highest BCUT2D eigenvalue weighted by molar-refractivity contribution is 5.94. The maximum atomic E-state index is 13.4. The summed E-state index contributed by atoms with van der Waals surface area (Å²) in [5.41, 5.74) is 0.312. The average molecular weight is 373 g/mol. The molecule has 2 heterocycles. The van der Waals surface area contributed by atoms with Gasteiger partial charge in [-0.25, -0.2) is 4.98 Å². The lowest BCUT2D eigenvalue weighted by atomic mass is 9.90. The summed E-state index contributed by atoms with van der Waals surface area (Å²) in [5.74, 6) is -0.412. The van der Waals surface area contributed by atoms with Gasteiger partial charge in [0, 0.05) is 12.3 Å². The Morgan fingerprint density at radius 2 is 1.81 bits per heavy atom. The smallest absolute Gasteiger partial charge is 0.418 e. The zero-order valence-electron chi connectivity index (χ0n) is 13.9. The Bertz CT molecular complexity index is 1010. The lowest BCUT2D eigenvalue weighted by Gasteiger charge is -2.24. The van der Waals surface area contributed by atoms with E-state index in [1.807, 2.05) is 0 Å². The average Bonchev–Trinajstić information content (AvgIpc) is 3.04. The maximum absolute atomic E-state index is 13.4. The normalized spacial score (nSPS) is 16.7. The fourth-order valence-corrected chi connectivity index (χ4v) is 3.30. The Morgan fingerprint density at radius 3 is 2.52 bits per heavy atom. The van der Waals surface area contributed by atoms with E-state index in [0.717, 1.165) is 11.6 Å². The predicted octanol–water partition coefficient (Wildman–Crippen LogP) is 4.07. The van der Waals surface area contributed by atoms with E-state index in [-0.39, 0.29) is 29.6 Å². The Hall–Kier alpha value is -3.29. The monoisotopic (exact) mass is 373 g/mol. The van der Waals surface area contributed by atoms with Crippen LogP contribution in [0, 0.1) is 0 Å². The molecular weight excluding hydrogens is 359 g/mol. The van der Waals surface area contributed by atoms with E-state index in [2.05, 4.69) is 10.3 Å². The van der Waals surface area contributed by atoms with Crippen molar-refractivity contribution in [1.82, 2.24) is 9.55 Å². The van der Waals surface area contributed by atoms with Gasteiger partial charge in [-0.1, -0.05) is 24.3 Å². The number of anilines is 1. The first-order chi connectivity index (χ1) is 12.8. The summed E-state index contributed by atoms with van der Waals surface area (Å²) in [4.78, 5) is 16.5. The van der Waals surface area contributed by atoms with Crippen LogP contribution in [0.3, 0.4) is 0 Å². The van der Waals surface area contributed by atoms with E-state index in [4.69, 9.17) is 0 Å². The largest absolute Gasteiger partial charge is 0.508 e. The van der Waals surface area contributed by atoms with Crippen molar-refractivity contribution in [3.63, 3.8) is 0 Å². The summed E-state index contributed by atoms with van der Waals surface area (Å²) in [6, 6.07) is 11.5. The van der Waals surface area contributed by atoms with Crippen LogP contribution in [0.2, 0.25) is 0 Å². The van der Waals surface area contributed by atoms with Gasteiger partial charge in [0.1, 0.15) is 17.9 Å². The van der Waals surface area contributed by atoms with Crippen molar-refractivity contribution >= 4 is 11.7 Å². The number of hydrogen-bond acceptors (Lipinski definition) is 3. The highest BCUT2D eigenvalue weighted by Crippen LogP contribution is 2.40. The molecule has 2 N–H and O–H groups in total.